The van der Waals surface area contributed by atoms with Crippen LogP contribution in [-0.4, -0.2) is 53.2 Å². The van der Waals surface area contributed by atoms with E-state index < -0.39 is 0 Å². The highest BCUT2D eigenvalue weighted by Gasteiger charge is 2.30. The monoisotopic (exact) mass is 374 g/mol. The van der Waals surface area contributed by atoms with Crippen LogP contribution in [0.2, 0.25) is 0 Å². The van der Waals surface area contributed by atoms with Crippen LogP contribution in [0.1, 0.15) is 55.3 Å². The smallest absolute Gasteiger partial charge is 0.260 e. The zero-order valence-corrected chi connectivity index (χ0v) is 16.4. The van der Waals surface area contributed by atoms with E-state index in [1.165, 1.54) is 31.9 Å². The number of piperidine rings is 1. The minimum absolute atomic E-state index is 0.0575. The van der Waals surface area contributed by atoms with Crippen LogP contribution in [0.25, 0.3) is 0 Å². The van der Waals surface area contributed by atoms with Crippen LogP contribution in [0.4, 0.5) is 0 Å². The van der Waals surface area contributed by atoms with Gasteiger partial charge in [0.05, 0.1) is 13.0 Å². The van der Waals surface area contributed by atoms with Gasteiger partial charge in [-0.15, -0.1) is 5.10 Å². The van der Waals surface area contributed by atoms with Gasteiger partial charge in [0, 0.05) is 32.9 Å². The van der Waals surface area contributed by atoms with Crippen LogP contribution in [-0.2, 0) is 11.8 Å². The van der Waals surface area contributed by atoms with Crippen molar-refractivity contribution in [3.05, 3.63) is 23.4 Å². The van der Waals surface area contributed by atoms with Gasteiger partial charge in [0.1, 0.15) is 5.56 Å². The van der Waals surface area contributed by atoms with Gasteiger partial charge in [-0.2, -0.15) is 0 Å². The quantitative estimate of drug-likeness (QED) is 0.775. The zero-order valence-electron chi connectivity index (χ0n) is 16.4. The summed E-state index contributed by atoms with van der Waals surface area (Å²) in [5.41, 5.74) is 1.91. The molecule has 1 saturated heterocycles. The van der Waals surface area contributed by atoms with Crippen molar-refractivity contribution in [1.82, 2.24) is 20.0 Å². The topological polar surface area (TPSA) is 76.5 Å². The van der Waals surface area contributed by atoms with Crippen LogP contribution in [0, 0.1) is 5.92 Å². The third-order valence-electron chi connectivity index (χ3n) is 5.43. The summed E-state index contributed by atoms with van der Waals surface area (Å²) in [5, 5.41) is 7.21. The first-order chi connectivity index (χ1) is 13.1. The lowest BCUT2D eigenvalue weighted by atomic mass is 9.95. The van der Waals surface area contributed by atoms with Gasteiger partial charge < -0.3 is 15.0 Å². The minimum Gasteiger partial charge on any atom is -0.479 e. The molecule has 0 saturated carbocycles. The summed E-state index contributed by atoms with van der Waals surface area (Å²) in [6, 6.07) is 0. The van der Waals surface area contributed by atoms with Gasteiger partial charge in [0.25, 0.3) is 5.91 Å². The van der Waals surface area contributed by atoms with E-state index in [0.29, 0.717) is 31.1 Å². The number of carbonyl (C=O) groups is 2. The largest absolute Gasteiger partial charge is 0.479 e. The van der Waals surface area contributed by atoms with Gasteiger partial charge >= 0.3 is 0 Å². The number of aromatic nitrogens is 2. The highest BCUT2D eigenvalue weighted by Crippen LogP contribution is 2.23. The fraction of sp³-hybridized carbons (Fsp3) is 0.650. The molecule has 1 N–H and O–H groups in total. The maximum atomic E-state index is 12.8. The Balaban J connectivity index is 1.52. The molecule has 3 rings (SSSR count). The molecular formula is C20H30N4O3. The molecule has 0 radical (unpaired) electrons. The molecule has 2 amide bonds. The summed E-state index contributed by atoms with van der Waals surface area (Å²) in [4.78, 5) is 27.1. The third kappa shape index (κ3) is 4.90. The van der Waals surface area contributed by atoms with Crippen LogP contribution in [0.3, 0.4) is 0 Å². The average Bonchev–Trinajstić information content (AvgIpc) is 3.09. The van der Waals surface area contributed by atoms with Crippen molar-refractivity contribution in [3.63, 3.8) is 0 Å². The first-order valence-electron chi connectivity index (χ1n) is 9.91. The van der Waals surface area contributed by atoms with E-state index in [2.05, 4.69) is 16.5 Å². The minimum atomic E-state index is -0.147. The maximum Gasteiger partial charge on any atom is 0.260 e. The number of rotatable bonds is 6. The zero-order chi connectivity index (χ0) is 19.2. The normalized spacial score (nSPS) is 20.1. The third-order valence-corrected chi connectivity index (χ3v) is 5.43. The molecule has 27 heavy (non-hydrogen) atoms. The van der Waals surface area contributed by atoms with Crippen molar-refractivity contribution in [2.45, 2.75) is 44.9 Å². The van der Waals surface area contributed by atoms with Crippen LogP contribution >= 0.6 is 0 Å². The van der Waals surface area contributed by atoms with E-state index in [-0.39, 0.29) is 17.7 Å². The molecule has 1 aliphatic carbocycles. The van der Waals surface area contributed by atoms with Crippen molar-refractivity contribution in [2.24, 2.45) is 13.0 Å². The Bertz CT molecular complexity index is 710. The molecule has 7 nitrogen and oxygen atoms in total. The van der Waals surface area contributed by atoms with E-state index in [9.17, 15) is 9.59 Å². The van der Waals surface area contributed by atoms with Crippen LogP contribution in [0.5, 0.6) is 5.88 Å². The second kappa shape index (κ2) is 9.06. The summed E-state index contributed by atoms with van der Waals surface area (Å²) in [5.74, 6) is 0.118. The van der Waals surface area contributed by atoms with Crippen molar-refractivity contribution < 1.29 is 14.3 Å². The molecule has 7 heteroatoms. The first kappa shape index (κ1) is 19.5. The number of methoxy groups -OCH3 is 1. The second-order valence-electron chi connectivity index (χ2n) is 7.47. The van der Waals surface area contributed by atoms with Gasteiger partial charge in [-0.25, -0.2) is 0 Å². The molecule has 1 atom stereocenters. The van der Waals surface area contributed by atoms with Crippen molar-refractivity contribution >= 4 is 11.8 Å². The van der Waals surface area contributed by atoms with Crippen molar-refractivity contribution in [3.8, 4) is 5.88 Å². The summed E-state index contributed by atoms with van der Waals surface area (Å²) in [6.07, 6.45) is 11.4. The molecule has 0 aromatic carbocycles. The number of hydrogen-bond donors (Lipinski definition) is 1. The Labute approximate surface area is 160 Å². The van der Waals surface area contributed by atoms with Crippen LogP contribution < -0.4 is 10.1 Å². The van der Waals surface area contributed by atoms with E-state index in [1.54, 1.807) is 22.8 Å². The van der Waals surface area contributed by atoms with Gasteiger partial charge in [-0.1, -0.05) is 11.6 Å². The predicted molar refractivity (Wildman–Crippen MR) is 103 cm³/mol. The number of amides is 2. The number of nitrogens with one attached hydrogen (secondary N) is 1. The summed E-state index contributed by atoms with van der Waals surface area (Å²) < 4.78 is 6.77. The molecule has 2 heterocycles. The molecule has 1 fully saturated rings. The highest BCUT2D eigenvalue weighted by atomic mass is 16.5. The van der Waals surface area contributed by atoms with E-state index in [4.69, 9.17) is 4.74 Å². The number of aryl methyl sites for hydroxylation is 1. The lowest BCUT2D eigenvalue weighted by molar-refractivity contribution is -0.126. The number of allylic oxidation sites excluding steroid dienone is 1. The predicted octanol–water partition coefficient (Wildman–Crippen LogP) is 2.29. The standard InChI is InChI=1S/C20H30N4O3/c1-23-14-17(19(22-23)27-2)20(26)24-12-6-9-16(13-24)18(25)21-11-10-15-7-4-3-5-8-15/h7,14,16H,3-6,8-13H2,1-2H3,(H,21,25)/t16-/m1/s1. The van der Waals surface area contributed by atoms with Crippen molar-refractivity contribution in [1.29, 1.82) is 0 Å². The molecule has 0 bridgehead atoms. The number of hydrogen-bond acceptors (Lipinski definition) is 4. The van der Waals surface area contributed by atoms with Crippen LogP contribution in [0.15, 0.2) is 17.8 Å². The summed E-state index contributed by atoms with van der Waals surface area (Å²) >= 11 is 0. The molecule has 0 unspecified atom stereocenters. The Kier molecular flexibility index (Phi) is 6.53. The fourth-order valence-corrected chi connectivity index (χ4v) is 3.93. The highest BCUT2D eigenvalue weighted by molar-refractivity contribution is 5.96. The number of nitrogens with zero attached hydrogens (tertiary/aromatic N) is 3. The molecule has 148 valence electrons. The summed E-state index contributed by atoms with van der Waals surface area (Å²) in [6.45, 7) is 1.80. The number of ether oxygens (including phenoxy) is 1. The Morgan fingerprint density at radius 3 is 2.93 bits per heavy atom. The Hall–Kier alpha value is -2.31. The lowest BCUT2D eigenvalue weighted by Gasteiger charge is -2.32. The maximum absolute atomic E-state index is 12.8. The molecule has 1 aliphatic heterocycles. The van der Waals surface area contributed by atoms with Gasteiger partial charge in [0.15, 0.2) is 0 Å². The molecule has 1 aromatic rings. The molecule has 0 spiro atoms. The van der Waals surface area contributed by atoms with Gasteiger partial charge in [0.2, 0.25) is 11.8 Å². The fourth-order valence-electron chi connectivity index (χ4n) is 3.93. The summed E-state index contributed by atoms with van der Waals surface area (Å²) in [7, 11) is 3.26. The second-order valence-corrected chi connectivity index (χ2v) is 7.47. The van der Waals surface area contributed by atoms with Gasteiger partial charge in [-0.3, -0.25) is 14.3 Å². The SMILES string of the molecule is COc1nn(C)cc1C(=O)N1CCC[C@@H](C(=O)NCCC2=CCCCC2)C1. The Morgan fingerprint density at radius 2 is 2.19 bits per heavy atom. The average molecular weight is 374 g/mol. The van der Waals surface area contributed by atoms with E-state index >= 15 is 0 Å². The lowest BCUT2D eigenvalue weighted by Crippen LogP contribution is -2.45. The number of likely N-dealkylation sites (tertiary alicyclic amines) is 1. The number of carbonyl (C=O) groups excluding carboxylic acids is 2. The van der Waals surface area contributed by atoms with Gasteiger partial charge in [-0.05, 0) is 44.9 Å². The van der Waals surface area contributed by atoms with Crippen molar-refractivity contribution in [2.75, 3.05) is 26.7 Å². The molecular weight excluding hydrogens is 344 g/mol. The first-order valence-corrected chi connectivity index (χ1v) is 9.91. The van der Waals surface area contributed by atoms with E-state index in [0.717, 1.165) is 25.7 Å². The van der Waals surface area contributed by atoms with E-state index in [1.807, 2.05) is 0 Å². The molecule has 2 aliphatic rings. The Morgan fingerprint density at radius 1 is 1.33 bits per heavy atom. The molecule has 1 aromatic heterocycles.